The highest BCUT2D eigenvalue weighted by molar-refractivity contribution is 6.02. The van der Waals surface area contributed by atoms with E-state index in [2.05, 4.69) is 19.9 Å². The lowest BCUT2D eigenvalue weighted by molar-refractivity contribution is -0.275. The van der Waals surface area contributed by atoms with Gasteiger partial charge in [0, 0.05) is 54.6 Å². The van der Waals surface area contributed by atoms with Crippen LogP contribution in [0.5, 0.6) is 11.6 Å². The molecule has 2 saturated heterocycles. The van der Waals surface area contributed by atoms with Crippen molar-refractivity contribution in [2.24, 2.45) is 0 Å². The normalized spacial score (nSPS) is 23.5. The first-order valence-corrected chi connectivity index (χ1v) is 14.6. The number of ether oxygens (including phenoxy) is 2. The van der Waals surface area contributed by atoms with Crippen LogP contribution in [0.2, 0.25) is 0 Å². The zero-order valence-electron chi connectivity index (χ0n) is 25.6. The van der Waals surface area contributed by atoms with Crippen molar-refractivity contribution in [3.05, 3.63) is 35.0 Å². The number of hydrogen-bond acceptors (Lipinski definition) is 9. The zero-order valence-corrected chi connectivity index (χ0v) is 25.6. The molecule has 4 unspecified atom stereocenters. The third kappa shape index (κ3) is 5.25. The quantitative estimate of drug-likeness (QED) is 0.327. The third-order valence-corrected chi connectivity index (χ3v) is 9.03. The molecule has 3 N–H and O–H groups in total. The number of carbonyl (C=O) groups excluding carboxylic acids is 1. The van der Waals surface area contributed by atoms with Gasteiger partial charge in [0.25, 0.3) is 0 Å². The molecule has 1 amide bonds. The highest BCUT2D eigenvalue weighted by atomic mass is 19.4. The van der Waals surface area contributed by atoms with Gasteiger partial charge in [0.05, 0.1) is 17.0 Å². The number of nitrogens with zero attached hydrogens (tertiary/aromatic N) is 5. The molecule has 5 heterocycles. The summed E-state index contributed by atoms with van der Waals surface area (Å²) in [6, 6.07) is 0.648. The first-order chi connectivity index (χ1) is 21.1. The summed E-state index contributed by atoms with van der Waals surface area (Å²) in [5.74, 6) is -3.53. The fourth-order valence-corrected chi connectivity index (χ4v) is 6.58. The Kier molecular flexibility index (Phi) is 7.46. The molecular formula is C30H34F5N7O3. The Morgan fingerprint density at radius 3 is 2.44 bits per heavy atom. The van der Waals surface area contributed by atoms with E-state index in [-0.39, 0.29) is 52.9 Å². The summed E-state index contributed by atoms with van der Waals surface area (Å²) < 4.78 is 81.7. The predicted octanol–water partition coefficient (Wildman–Crippen LogP) is 3.76. The van der Waals surface area contributed by atoms with E-state index in [1.807, 2.05) is 25.9 Å². The van der Waals surface area contributed by atoms with Crippen molar-refractivity contribution < 1.29 is 36.2 Å². The maximum atomic E-state index is 16.6. The van der Waals surface area contributed by atoms with Crippen LogP contribution in [0, 0.1) is 25.5 Å². The second kappa shape index (κ2) is 10.8. The highest BCUT2D eigenvalue weighted by Gasteiger charge is 2.46. The van der Waals surface area contributed by atoms with E-state index in [1.54, 1.807) is 25.7 Å². The lowest BCUT2D eigenvalue weighted by atomic mass is 9.95. The minimum Gasteiger partial charge on any atom is -0.472 e. The van der Waals surface area contributed by atoms with Crippen LogP contribution in [0.15, 0.2) is 12.1 Å². The summed E-state index contributed by atoms with van der Waals surface area (Å²) in [5, 5.41) is 3.61. The molecule has 4 atom stereocenters. The van der Waals surface area contributed by atoms with Crippen molar-refractivity contribution >= 4 is 28.2 Å². The van der Waals surface area contributed by atoms with Crippen molar-refractivity contribution in [1.29, 1.82) is 0 Å². The fourth-order valence-electron chi connectivity index (χ4n) is 6.58. The molecule has 3 aromatic rings. The first-order valence-electron chi connectivity index (χ1n) is 14.6. The molecule has 3 aliphatic rings. The van der Waals surface area contributed by atoms with Crippen molar-refractivity contribution in [3.8, 4) is 22.9 Å². The number of rotatable bonds is 4. The van der Waals surface area contributed by atoms with Crippen LogP contribution >= 0.6 is 0 Å². The van der Waals surface area contributed by atoms with Crippen LogP contribution < -0.4 is 25.4 Å². The number of benzene rings is 1. The van der Waals surface area contributed by atoms with Gasteiger partial charge in [-0.2, -0.15) is 0 Å². The number of fused-ring (bicyclic) bond motifs is 2. The number of anilines is 2. The molecule has 0 radical (unpaired) electrons. The van der Waals surface area contributed by atoms with Crippen LogP contribution in [0.25, 0.3) is 22.0 Å². The Bertz CT molecular complexity index is 1700. The van der Waals surface area contributed by atoms with Crippen molar-refractivity contribution in [2.45, 2.75) is 64.3 Å². The number of nitrogens with two attached hydrogens (primary N) is 1. The number of aryl methyl sites for hydroxylation is 2. The molecule has 6 rings (SSSR count). The molecule has 0 saturated carbocycles. The summed E-state index contributed by atoms with van der Waals surface area (Å²) in [5.41, 5.74) is 5.11. The fraction of sp³-hybridized carbons (Fsp3) is 0.500. The smallest absolute Gasteiger partial charge is 0.472 e. The van der Waals surface area contributed by atoms with Crippen LogP contribution in [-0.4, -0.2) is 96.0 Å². The number of likely N-dealkylation sites (N-methyl/N-ethyl adjacent to an activating group) is 1. The molecule has 0 spiro atoms. The topological polar surface area (TPSA) is 109 Å². The number of pyridine rings is 2. The maximum absolute atomic E-state index is 16.6. The Morgan fingerprint density at radius 1 is 1.11 bits per heavy atom. The minimum atomic E-state index is -5.27. The molecule has 0 bridgehead atoms. The van der Waals surface area contributed by atoms with Crippen molar-refractivity contribution in [3.63, 3.8) is 0 Å². The summed E-state index contributed by atoms with van der Waals surface area (Å²) in [6.45, 7) is 8.44. The van der Waals surface area contributed by atoms with E-state index in [1.165, 1.54) is 0 Å². The predicted molar refractivity (Wildman–Crippen MR) is 157 cm³/mol. The van der Waals surface area contributed by atoms with Gasteiger partial charge in [0.2, 0.25) is 11.8 Å². The second-order valence-corrected chi connectivity index (χ2v) is 12.2. The molecule has 3 aliphatic heterocycles. The summed E-state index contributed by atoms with van der Waals surface area (Å²) in [7, 11) is 3.94. The average Bonchev–Trinajstić information content (AvgIpc) is 3.01. The van der Waals surface area contributed by atoms with Gasteiger partial charge < -0.3 is 29.9 Å². The number of aromatic nitrogens is 2. The van der Waals surface area contributed by atoms with Gasteiger partial charge in [0.15, 0.2) is 17.4 Å². The van der Waals surface area contributed by atoms with Gasteiger partial charge in [-0.3, -0.25) is 10.1 Å². The monoisotopic (exact) mass is 635 g/mol. The molecule has 2 fully saturated rings. The van der Waals surface area contributed by atoms with E-state index in [0.717, 1.165) is 6.07 Å². The number of hydrogen-bond donors (Lipinski definition) is 2. The van der Waals surface area contributed by atoms with Crippen LogP contribution in [-0.2, 0) is 4.79 Å². The van der Waals surface area contributed by atoms with E-state index in [0.29, 0.717) is 36.2 Å². The van der Waals surface area contributed by atoms with Gasteiger partial charge in [-0.05, 0) is 53.4 Å². The molecule has 10 nitrogen and oxygen atoms in total. The van der Waals surface area contributed by atoms with E-state index in [4.69, 9.17) is 15.5 Å². The zero-order chi connectivity index (χ0) is 32.7. The highest BCUT2D eigenvalue weighted by Crippen LogP contribution is 2.46. The largest absolute Gasteiger partial charge is 0.573 e. The number of piperazine rings is 1. The van der Waals surface area contributed by atoms with Crippen molar-refractivity contribution in [1.82, 2.24) is 25.1 Å². The lowest BCUT2D eigenvalue weighted by Crippen LogP contribution is -2.71. The molecule has 242 valence electrons. The summed E-state index contributed by atoms with van der Waals surface area (Å²) >= 11 is 0. The van der Waals surface area contributed by atoms with E-state index in [9.17, 15) is 22.4 Å². The number of likely N-dealkylation sites (tertiary alicyclic amines) is 1. The SMILES string of the molecule is Cc1nc2c3c(nc(-c4cc(N)cc(F)c4OC(F)(F)F)c(F)c3c1C)OC(C)C1C(C)NC(C(=O)N3CC(N(C)C)C3)CN21. The first kappa shape index (κ1) is 31.0. The summed E-state index contributed by atoms with van der Waals surface area (Å²) in [6.07, 6.45) is -5.87. The Balaban J connectivity index is 1.51. The lowest BCUT2D eigenvalue weighted by Gasteiger charge is -2.49. The number of amides is 1. The van der Waals surface area contributed by atoms with E-state index >= 15 is 4.39 Å². The van der Waals surface area contributed by atoms with Gasteiger partial charge in [0.1, 0.15) is 23.7 Å². The number of nitrogen functional groups attached to an aromatic ring is 1. The standard InChI is InChI=1S/C30H34F5N7O3/c1-12-13(2)38-27-22-21(12)23(32)24(18-7-16(36)8-19(31)26(18)45-30(33,34)35)39-28(22)44-15(4)25-14(3)37-20(11-42(25)27)29(43)41-9-17(10-41)40(5)6/h7-8,14-15,17,20,25,37H,9-11,36H2,1-6H3. The van der Waals surface area contributed by atoms with Crippen molar-refractivity contribution in [2.75, 3.05) is 44.4 Å². The molecule has 0 aliphatic carbocycles. The maximum Gasteiger partial charge on any atom is 0.573 e. The molecule has 45 heavy (non-hydrogen) atoms. The molecule has 2 aromatic heterocycles. The number of alkyl halides is 3. The summed E-state index contributed by atoms with van der Waals surface area (Å²) in [4.78, 5) is 28.5. The second-order valence-electron chi connectivity index (χ2n) is 12.2. The molecular weight excluding hydrogens is 601 g/mol. The molecule has 1 aromatic carbocycles. The Labute approximate surface area is 256 Å². The minimum absolute atomic E-state index is 0.00299. The third-order valence-electron chi connectivity index (χ3n) is 9.03. The number of carbonyl (C=O) groups is 1. The molecule has 15 heteroatoms. The van der Waals surface area contributed by atoms with E-state index < -0.39 is 47.1 Å². The number of nitrogens with one attached hydrogen (secondary N) is 1. The Morgan fingerprint density at radius 2 is 1.80 bits per heavy atom. The van der Waals surface area contributed by atoms with Crippen LogP contribution in [0.4, 0.5) is 33.5 Å². The van der Waals surface area contributed by atoms with Gasteiger partial charge in [-0.25, -0.2) is 18.7 Å². The van der Waals surface area contributed by atoms with Crippen LogP contribution in [0.3, 0.4) is 0 Å². The number of halogens is 5. The average molecular weight is 636 g/mol. The van der Waals surface area contributed by atoms with Gasteiger partial charge >= 0.3 is 6.36 Å². The Hall–Kier alpha value is -3.98. The van der Waals surface area contributed by atoms with Gasteiger partial charge in [-0.15, -0.1) is 13.2 Å². The van der Waals surface area contributed by atoms with Crippen LogP contribution in [0.1, 0.15) is 25.1 Å². The van der Waals surface area contributed by atoms with Gasteiger partial charge in [-0.1, -0.05) is 0 Å².